The Balaban J connectivity index is 1.79. The number of pyridine rings is 1. The summed E-state index contributed by atoms with van der Waals surface area (Å²) in [5, 5.41) is 6.08. The minimum Gasteiger partial charge on any atom is -0.495 e. The van der Waals surface area contributed by atoms with E-state index in [1.807, 2.05) is 24.3 Å². The van der Waals surface area contributed by atoms with Crippen LogP contribution < -0.4 is 29.6 Å². The SMILES string of the molecule is COc1ccccc1Nc1ncccc1C(=O)NCc1cc(OC)c(OC)c(OC)c1. The van der Waals surface area contributed by atoms with Gasteiger partial charge < -0.3 is 29.6 Å². The number of rotatable bonds is 9. The Bertz CT molecular complexity index is 1030. The van der Waals surface area contributed by atoms with E-state index in [9.17, 15) is 4.79 Å². The number of aromatic nitrogens is 1. The van der Waals surface area contributed by atoms with Crippen molar-refractivity contribution >= 4 is 17.4 Å². The van der Waals surface area contributed by atoms with E-state index in [1.54, 1.807) is 58.9 Å². The van der Waals surface area contributed by atoms with Crippen molar-refractivity contribution in [3.8, 4) is 23.0 Å². The van der Waals surface area contributed by atoms with Gasteiger partial charge in [0, 0.05) is 12.7 Å². The van der Waals surface area contributed by atoms with Crippen molar-refractivity contribution in [2.24, 2.45) is 0 Å². The zero-order valence-electron chi connectivity index (χ0n) is 17.9. The summed E-state index contributed by atoms with van der Waals surface area (Å²) in [6.07, 6.45) is 1.62. The third kappa shape index (κ3) is 4.98. The van der Waals surface area contributed by atoms with E-state index >= 15 is 0 Å². The molecule has 0 radical (unpaired) electrons. The number of methoxy groups -OCH3 is 4. The van der Waals surface area contributed by atoms with E-state index in [0.717, 1.165) is 5.56 Å². The van der Waals surface area contributed by atoms with Crippen LogP contribution in [0.25, 0.3) is 0 Å². The smallest absolute Gasteiger partial charge is 0.255 e. The third-order valence-electron chi connectivity index (χ3n) is 4.59. The monoisotopic (exact) mass is 423 g/mol. The molecule has 8 nitrogen and oxygen atoms in total. The van der Waals surface area contributed by atoms with Crippen molar-refractivity contribution in [2.45, 2.75) is 6.54 Å². The molecule has 3 aromatic rings. The van der Waals surface area contributed by atoms with Crippen LogP contribution in [0.2, 0.25) is 0 Å². The predicted molar refractivity (Wildman–Crippen MR) is 118 cm³/mol. The molecule has 2 N–H and O–H groups in total. The molecule has 1 amide bonds. The Morgan fingerprint density at radius 1 is 0.871 bits per heavy atom. The predicted octanol–water partition coefficient (Wildman–Crippen LogP) is 3.79. The van der Waals surface area contributed by atoms with Crippen LogP contribution in [-0.2, 0) is 6.54 Å². The third-order valence-corrected chi connectivity index (χ3v) is 4.59. The quantitative estimate of drug-likeness (QED) is 0.541. The van der Waals surface area contributed by atoms with Crippen LogP contribution in [0.1, 0.15) is 15.9 Å². The van der Waals surface area contributed by atoms with Gasteiger partial charge in [0.25, 0.3) is 5.91 Å². The van der Waals surface area contributed by atoms with Crippen LogP contribution in [0.4, 0.5) is 11.5 Å². The van der Waals surface area contributed by atoms with Crippen LogP contribution in [-0.4, -0.2) is 39.3 Å². The van der Waals surface area contributed by atoms with Crippen molar-refractivity contribution < 1.29 is 23.7 Å². The number of nitrogens with zero attached hydrogens (tertiary/aromatic N) is 1. The molecule has 0 bridgehead atoms. The highest BCUT2D eigenvalue weighted by molar-refractivity contribution is 5.99. The fourth-order valence-corrected chi connectivity index (χ4v) is 3.08. The van der Waals surface area contributed by atoms with Gasteiger partial charge in [-0.3, -0.25) is 4.79 Å². The summed E-state index contributed by atoms with van der Waals surface area (Å²) in [7, 11) is 6.22. The molecule has 0 aliphatic rings. The van der Waals surface area contributed by atoms with Gasteiger partial charge in [0.1, 0.15) is 11.6 Å². The molecule has 0 unspecified atom stereocenters. The first-order chi connectivity index (χ1) is 15.1. The fraction of sp³-hybridized carbons (Fsp3) is 0.217. The first-order valence-corrected chi connectivity index (χ1v) is 9.53. The molecule has 0 saturated carbocycles. The van der Waals surface area contributed by atoms with Crippen molar-refractivity contribution in [2.75, 3.05) is 33.8 Å². The van der Waals surface area contributed by atoms with Crippen LogP contribution in [0.5, 0.6) is 23.0 Å². The normalized spacial score (nSPS) is 10.2. The van der Waals surface area contributed by atoms with Gasteiger partial charge in [0.2, 0.25) is 5.75 Å². The van der Waals surface area contributed by atoms with E-state index in [2.05, 4.69) is 15.6 Å². The lowest BCUT2D eigenvalue weighted by atomic mass is 10.1. The van der Waals surface area contributed by atoms with E-state index in [-0.39, 0.29) is 12.5 Å². The highest BCUT2D eigenvalue weighted by Crippen LogP contribution is 2.38. The second-order valence-corrected chi connectivity index (χ2v) is 6.44. The lowest BCUT2D eigenvalue weighted by molar-refractivity contribution is 0.0951. The molecule has 0 fully saturated rings. The molecule has 0 aliphatic carbocycles. The number of carbonyl (C=O) groups is 1. The summed E-state index contributed by atoms with van der Waals surface area (Å²) in [6.45, 7) is 0.262. The Labute approximate surface area is 181 Å². The fourth-order valence-electron chi connectivity index (χ4n) is 3.08. The first kappa shape index (κ1) is 21.8. The minimum atomic E-state index is -0.278. The molecule has 0 atom stereocenters. The number of hydrogen-bond donors (Lipinski definition) is 2. The molecule has 0 saturated heterocycles. The first-order valence-electron chi connectivity index (χ1n) is 9.53. The number of hydrogen-bond acceptors (Lipinski definition) is 7. The topological polar surface area (TPSA) is 90.9 Å². The Morgan fingerprint density at radius 2 is 1.55 bits per heavy atom. The maximum atomic E-state index is 12.9. The molecule has 3 rings (SSSR count). The largest absolute Gasteiger partial charge is 0.495 e. The van der Waals surface area contributed by atoms with Gasteiger partial charge in [-0.2, -0.15) is 0 Å². The molecular formula is C23H25N3O5. The summed E-state index contributed by atoms with van der Waals surface area (Å²) < 4.78 is 21.4. The standard InChI is InChI=1S/C23H25N3O5/c1-28-18-10-6-5-9-17(18)26-22-16(8-7-11-24-22)23(27)25-14-15-12-19(29-2)21(31-4)20(13-15)30-3/h5-13H,14H2,1-4H3,(H,24,26)(H,25,27). The Hall–Kier alpha value is -3.94. The number of para-hydroxylation sites is 2. The van der Waals surface area contributed by atoms with Gasteiger partial charge in [-0.15, -0.1) is 0 Å². The van der Waals surface area contributed by atoms with Crippen LogP contribution >= 0.6 is 0 Å². The van der Waals surface area contributed by atoms with Gasteiger partial charge in [-0.1, -0.05) is 12.1 Å². The van der Waals surface area contributed by atoms with Crippen molar-refractivity contribution in [3.05, 3.63) is 65.9 Å². The molecule has 2 aromatic carbocycles. The molecule has 0 aliphatic heterocycles. The van der Waals surface area contributed by atoms with Gasteiger partial charge in [-0.25, -0.2) is 4.98 Å². The van der Waals surface area contributed by atoms with Gasteiger partial charge in [0.05, 0.1) is 39.7 Å². The maximum Gasteiger partial charge on any atom is 0.255 e. The van der Waals surface area contributed by atoms with Gasteiger partial charge >= 0.3 is 0 Å². The van der Waals surface area contributed by atoms with E-state index in [1.165, 1.54) is 0 Å². The van der Waals surface area contributed by atoms with Crippen LogP contribution in [0, 0.1) is 0 Å². The average molecular weight is 423 g/mol. The number of carbonyl (C=O) groups excluding carboxylic acids is 1. The van der Waals surface area contributed by atoms with Crippen molar-refractivity contribution in [1.29, 1.82) is 0 Å². The molecule has 31 heavy (non-hydrogen) atoms. The maximum absolute atomic E-state index is 12.9. The lowest BCUT2D eigenvalue weighted by Gasteiger charge is -2.15. The summed E-state index contributed by atoms with van der Waals surface area (Å²) >= 11 is 0. The number of nitrogens with one attached hydrogen (secondary N) is 2. The second kappa shape index (κ2) is 10.2. The molecule has 1 aromatic heterocycles. The van der Waals surface area contributed by atoms with Crippen molar-refractivity contribution in [1.82, 2.24) is 10.3 Å². The number of benzene rings is 2. The molecule has 162 valence electrons. The second-order valence-electron chi connectivity index (χ2n) is 6.44. The minimum absolute atomic E-state index is 0.262. The van der Waals surface area contributed by atoms with Gasteiger partial charge in [-0.05, 0) is 42.0 Å². The number of ether oxygens (including phenoxy) is 4. The van der Waals surface area contributed by atoms with Crippen LogP contribution in [0.3, 0.4) is 0 Å². The summed E-state index contributed by atoms with van der Waals surface area (Å²) in [5.74, 6) is 2.33. The average Bonchev–Trinajstić information content (AvgIpc) is 2.82. The Morgan fingerprint density at radius 3 is 2.19 bits per heavy atom. The zero-order chi connectivity index (χ0) is 22.2. The summed E-state index contributed by atoms with van der Waals surface area (Å²) in [5.41, 5.74) is 1.91. The summed E-state index contributed by atoms with van der Waals surface area (Å²) in [4.78, 5) is 17.2. The number of anilines is 2. The van der Waals surface area contributed by atoms with Crippen molar-refractivity contribution in [3.63, 3.8) is 0 Å². The summed E-state index contributed by atoms with van der Waals surface area (Å²) in [6, 6.07) is 14.4. The highest BCUT2D eigenvalue weighted by Gasteiger charge is 2.16. The molecule has 8 heteroatoms. The zero-order valence-corrected chi connectivity index (χ0v) is 17.9. The van der Waals surface area contributed by atoms with Gasteiger partial charge in [0.15, 0.2) is 11.5 Å². The highest BCUT2D eigenvalue weighted by atomic mass is 16.5. The Kier molecular flexibility index (Phi) is 7.16. The van der Waals surface area contributed by atoms with E-state index < -0.39 is 0 Å². The molecular weight excluding hydrogens is 398 g/mol. The van der Waals surface area contributed by atoms with Crippen LogP contribution in [0.15, 0.2) is 54.7 Å². The lowest BCUT2D eigenvalue weighted by Crippen LogP contribution is -2.24. The molecule has 1 heterocycles. The molecule has 0 spiro atoms. The van der Waals surface area contributed by atoms with E-state index in [0.29, 0.717) is 40.1 Å². The number of amides is 1. The van der Waals surface area contributed by atoms with E-state index in [4.69, 9.17) is 18.9 Å².